The molecule has 5 nitrogen and oxygen atoms in total. The van der Waals surface area contributed by atoms with Gasteiger partial charge in [0.2, 0.25) is 0 Å². The number of fused-ring (bicyclic) bond motifs is 2. The van der Waals surface area contributed by atoms with E-state index in [1.165, 1.54) is 16.7 Å². The van der Waals surface area contributed by atoms with E-state index in [0.717, 1.165) is 54.3 Å². The number of aromatic nitrogens is 1. The molecule has 1 aromatic heterocycles. The van der Waals surface area contributed by atoms with E-state index in [1.54, 1.807) is 7.11 Å². The van der Waals surface area contributed by atoms with E-state index in [4.69, 9.17) is 9.47 Å². The van der Waals surface area contributed by atoms with E-state index < -0.39 is 0 Å². The second-order valence-electron chi connectivity index (χ2n) is 10.5. The SMILES string of the molecule is COc1ccc2c3c1O[C@H]1c4[nH]c(C(=O)CC(C)C)c(C)c4C[C@H]4[C@@H](C2)N(C)CC[C@]314. The minimum Gasteiger partial charge on any atom is -0.493 e. The van der Waals surface area contributed by atoms with Gasteiger partial charge in [0, 0.05) is 23.4 Å². The van der Waals surface area contributed by atoms with Gasteiger partial charge in [-0.05, 0) is 74.4 Å². The molecule has 4 aliphatic rings. The van der Waals surface area contributed by atoms with Gasteiger partial charge in [-0.25, -0.2) is 0 Å². The van der Waals surface area contributed by atoms with Crippen LogP contribution in [0.25, 0.3) is 0 Å². The molecular formula is C26H32N2O3. The first-order chi connectivity index (χ1) is 14.9. The summed E-state index contributed by atoms with van der Waals surface area (Å²) in [6.07, 6.45) is 3.65. The van der Waals surface area contributed by atoms with Gasteiger partial charge in [-0.2, -0.15) is 0 Å². The highest BCUT2D eigenvalue weighted by molar-refractivity contribution is 5.96. The molecule has 1 aromatic carbocycles. The zero-order valence-electron chi connectivity index (χ0n) is 19.2. The monoisotopic (exact) mass is 420 g/mol. The van der Waals surface area contributed by atoms with Gasteiger partial charge in [0.05, 0.1) is 18.5 Å². The number of hydrogen-bond donors (Lipinski definition) is 1. The van der Waals surface area contributed by atoms with Crippen molar-refractivity contribution in [1.29, 1.82) is 0 Å². The minimum absolute atomic E-state index is 0.0305. The molecule has 5 heteroatoms. The number of H-pyrrole nitrogens is 1. The van der Waals surface area contributed by atoms with Crippen LogP contribution in [-0.4, -0.2) is 42.4 Å². The fourth-order valence-electron chi connectivity index (χ4n) is 7.19. The van der Waals surface area contributed by atoms with Crippen LogP contribution in [-0.2, 0) is 18.3 Å². The van der Waals surface area contributed by atoms with Crippen molar-refractivity contribution < 1.29 is 14.3 Å². The predicted molar refractivity (Wildman–Crippen MR) is 119 cm³/mol. The van der Waals surface area contributed by atoms with Gasteiger partial charge >= 0.3 is 0 Å². The van der Waals surface area contributed by atoms with Gasteiger partial charge in [0.25, 0.3) is 0 Å². The third-order valence-corrected chi connectivity index (χ3v) is 8.57. The fraction of sp³-hybridized carbons (Fsp3) is 0.577. The zero-order valence-corrected chi connectivity index (χ0v) is 19.2. The number of nitrogens with one attached hydrogen (secondary N) is 1. The summed E-state index contributed by atoms with van der Waals surface area (Å²) in [5, 5.41) is 0. The first-order valence-electron chi connectivity index (χ1n) is 11.7. The molecule has 0 amide bonds. The molecule has 2 aliphatic heterocycles. The molecule has 1 N–H and O–H groups in total. The van der Waals surface area contributed by atoms with Crippen molar-refractivity contribution in [3.8, 4) is 11.5 Å². The molecule has 0 saturated carbocycles. The number of ketones is 1. The lowest BCUT2D eigenvalue weighted by Crippen LogP contribution is -2.62. The molecule has 1 fully saturated rings. The van der Waals surface area contributed by atoms with Crippen LogP contribution in [0, 0.1) is 18.8 Å². The number of Topliss-reactive ketones (excluding diaryl/α,β-unsaturated/α-hetero) is 1. The summed E-state index contributed by atoms with van der Waals surface area (Å²) < 4.78 is 12.5. The number of benzene rings is 1. The quantitative estimate of drug-likeness (QED) is 0.747. The Labute approximate surface area is 184 Å². The number of ether oxygens (including phenoxy) is 2. The van der Waals surface area contributed by atoms with Crippen LogP contribution in [0.2, 0.25) is 0 Å². The molecule has 6 rings (SSSR count). The molecule has 2 aliphatic carbocycles. The maximum absolute atomic E-state index is 13.0. The van der Waals surface area contributed by atoms with Crippen LogP contribution in [0.5, 0.6) is 11.5 Å². The van der Waals surface area contributed by atoms with Crippen molar-refractivity contribution in [3.05, 3.63) is 45.8 Å². The minimum atomic E-state index is -0.0675. The molecule has 0 unspecified atom stereocenters. The van der Waals surface area contributed by atoms with E-state index in [9.17, 15) is 4.79 Å². The van der Waals surface area contributed by atoms with Gasteiger partial charge in [-0.1, -0.05) is 19.9 Å². The Morgan fingerprint density at radius 1 is 1.35 bits per heavy atom. The maximum atomic E-state index is 13.0. The number of hydrogen-bond acceptors (Lipinski definition) is 4. The number of likely N-dealkylation sites (N-methyl/N-ethyl adjacent to an activating group) is 1. The molecule has 164 valence electrons. The zero-order chi connectivity index (χ0) is 21.7. The van der Waals surface area contributed by atoms with Crippen molar-refractivity contribution in [1.82, 2.24) is 9.88 Å². The summed E-state index contributed by atoms with van der Waals surface area (Å²) in [6.45, 7) is 7.41. The Morgan fingerprint density at radius 2 is 2.16 bits per heavy atom. The first-order valence-corrected chi connectivity index (χ1v) is 11.7. The smallest absolute Gasteiger partial charge is 0.179 e. The number of piperidine rings is 1. The average molecular weight is 421 g/mol. The first kappa shape index (κ1) is 19.4. The number of nitrogens with zero attached hydrogens (tertiary/aromatic N) is 1. The average Bonchev–Trinajstić information content (AvgIpc) is 3.24. The van der Waals surface area contributed by atoms with E-state index in [2.05, 4.69) is 49.8 Å². The molecular weight excluding hydrogens is 388 g/mol. The highest BCUT2D eigenvalue weighted by atomic mass is 16.5. The lowest BCUT2D eigenvalue weighted by Gasteiger charge is -2.57. The highest BCUT2D eigenvalue weighted by Gasteiger charge is 2.65. The lowest BCUT2D eigenvalue weighted by atomic mass is 9.51. The van der Waals surface area contributed by atoms with E-state index in [0.29, 0.717) is 24.3 Å². The number of methoxy groups -OCH3 is 1. The summed E-state index contributed by atoms with van der Waals surface area (Å²) in [7, 11) is 4.00. The van der Waals surface area contributed by atoms with Crippen LogP contribution in [0.1, 0.15) is 71.2 Å². The van der Waals surface area contributed by atoms with Crippen molar-refractivity contribution in [2.75, 3.05) is 20.7 Å². The lowest BCUT2D eigenvalue weighted by molar-refractivity contribution is -0.0256. The summed E-state index contributed by atoms with van der Waals surface area (Å²) in [4.78, 5) is 19.2. The number of carbonyl (C=O) groups excluding carboxylic acids is 1. The highest BCUT2D eigenvalue weighted by Crippen LogP contribution is 2.67. The fourth-order valence-corrected chi connectivity index (χ4v) is 7.19. The van der Waals surface area contributed by atoms with Crippen LogP contribution >= 0.6 is 0 Å². The van der Waals surface area contributed by atoms with Gasteiger partial charge in [-0.3, -0.25) is 4.79 Å². The molecule has 4 atom stereocenters. The van der Waals surface area contributed by atoms with Crippen molar-refractivity contribution in [2.24, 2.45) is 11.8 Å². The summed E-state index contributed by atoms with van der Waals surface area (Å²) >= 11 is 0. The Morgan fingerprint density at radius 3 is 2.90 bits per heavy atom. The Bertz CT molecular complexity index is 1100. The van der Waals surface area contributed by atoms with Gasteiger partial charge < -0.3 is 19.4 Å². The Hall–Kier alpha value is -2.27. The summed E-state index contributed by atoms with van der Waals surface area (Å²) in [5.74, 6) is 2.83. The topological polar surface area (TPSA) is 54.6 Å². The third kappa shape index (κ3) is 2.33. The predicted octanol–water partition coefficient (Wildman–Crippen LogP) is 4.36. The number of rotatable bonds is 4. The normalized spacial score (nSPS) is 30.1. The summed E-state index contributed by atoms with van der Waals surface area (Å²) in [5.41, 5.74) is 7.14. The molecule has 1 saturated heterocycles. The van der Waals surface area contributed by atoms with Gasteiger partial charge in [-0.15, -0.1) is 0 Å². The third-order valence-electron chi connectivity index (χ3n) is 8.57. The van der Waals surface area contributed by atoms with Crippen molar-refractivity contribution in [2.45, 2.75) is 64.0 Å². The van der Waals surface area contributed by atoms with E-state index >= 15 is 0 Å². The van der Waals surface area contributed by atoms with Crippen LogP contribution in [0.3, 0.4) is 0 Å². The van der Waals surface area contributed by atoms with Gasteiger partial charge in [0.15, 0.2) is 17.3 Å². The number of carbonyl (C=O) groups is 1. The van der Waals surface area contributed by atoms with Gasteiger partial charge in [0.1, 0.15) is 6.10 Å². The van der Waals surface area contributed by atoms with Crippen molar-refractivity contribution >= 4 is 5.78 Å². The second kappa shape index (κ2) is 6.38. The summed E-state index contributed by atoms with van der Waals surface area (Å²) in [6, 6.07) is 4.82. The molecule has 0 radical (unpaired) electrons. The number of aromatic amines is 1. The maximum Gasteiger partial charge on any atom is 0.179 e. The second-order valence-corrected chi connectivity index (χ2v) is 10.5. The standard InChI is InChI=1S/C26H32N2O3/c1-13(2)10-19(29)22-14(3)16-12-17-18-11-15-6-7-20(30-5)24-21(15)26(17,8-9-28(18)4)25(31-24)23(16)27-22/h6-7,13,17-18,25,27H,8-12H2,1-5H3/t17-,18+,25-,26-/m0/s1. The molecule has 3 heterocycles. The largest absolute Gasteiger partial charge is 0.493 e. The molecule has 2 bridgehead atoms. The van der Waals surface area contributed by atoms with Crippen LogP contribution in [0.4, 0.5) is 0 Å². The van der Waals surface area contributed by atoms with Crippen LogP contribution < -0.4 is 9.47 Å². The van der Waals surface area contributed by atoms with Crippen molar-refractivity contribution in [3.63, 3.8) is 0 Å². The van der Waals surface area contributed by atoms with Crippen LogP contribution in [0.15, 0.2) is 12.1 Å². The van der Waals surface area contributed by atoms with E-state index in [-0.39, 0.29) is 17.3 Å². The Balaban J connectivity index is 1.57. The molecule has 1 spiro atoms. The molecule has 31 heavy (non-hydrogen) atoms. The molecule has 2 aromatic rings. The Kier molecular flexibility index (Phi) is 4.00. The number of likely N-dealkylation sites (tertiary alicyclic amines) is 1. The van der Waals surface area contributed by atoms with E-state index in [1.807, 2.05) is 0 Å².